The highest BCUT2D eigenvalue weighted by atomic mass is 35.5. The molecule has 4 amide bonds. The van der Waals surface area contributed by atoms with E-state index in [0.29, 0.717) is 17.1 Å². The number of hydrogen-bond acceptors (Lipinski definition) is 3. The van der Waals surface area contributed by atoms with Gasteiger partial charge in [0, 0.05) is 30.4 Å². The van der Waals surface area contributed by atoms with Gasteiger partial charge in [0.15, 0.2) is 0 Å². The third-order valence-corrected chi connectivity index (χ3v) is 4.94. The zero-order chi connectivity index (χ0) is 19.4. The van der Waals surface area contributed by atoms with E-state index in [1.54, 1.807) is 24.3 Å². The van der Waals surface area contributed by atoms with E-state index in [4.69, 9.17) is 11.6 Å². The number of carbonyl (C=O) groups is 3. The smallest absolute Gasteiger partial charge is 0.325 e. The van der Waals surface area contributed by atoms with Gasteiger partial charge in [-0.05, 0) is 30.2 Å². The van der Waals surface area contributed by atoms with Crippen LogP contribution in [0, 0.1) is 0 Å². The summed E-state index contributed by atoms with van der Waals surface area (Å²) in [6.45, 7) is 0.534. The Morgan fingerprint density at radius 3 is 2.70 bits per heavy atom. The van der Waals surface area contributed by atoms with Crippen LogP contribution in [0.15, 0.2) is 42.6 Å². The molecule has 1 atom stereocenters. The van der Waals surface area contributed by atoms with Crippen LogP contribution < -0.4 is 10.6 Å². The van der Waals surface area contributed by atoms with Crippen molar-refractivity contribution in [3.63, 3.8) is 0 Å². The number of aryl methyl sites for hydroxylation is 1. The summed E-state index contributed by atoms with van der Waals surface area (Å²) in [5.41, 5.74) is 1.68. The van der Waals surface area contributed by atoms with Crippen LogP contribution in [0.5, 0.6) is 0 Å². The number of benzene rings is 1. The molecule has 27 heavy (non-hydrogen) atoms. The molecule has 1 aromatic heterocycles. The van der Waals surface area contributed by atoms with Gasteiger partial charge in [-0.25, -0.2) is 4.79 Å². The van der Waals surface area contributed by atoms with Gasteiger partial charge < -0.3 is 15.2 Å². The van der Waals surface area contributed by atoms with Gasteiger partial charge in [-0.3, -0.25) is 14.5 Å². The number of imide groups is 1. The van der Waals surface area contributed by atoms with Gasteiger partial charge in [0.1, 0.15) is 6.04 Å². The Balaban J connectivity index is 1.50. The van der Waals surface area contributed by atoms with Crippen LogP contribution in [0.4, 0.5) is 4.79 Å². The standard InChI is InChI=1S/C19H21ClN4O3/c1-23-10-4-6-14(23)11-21-17(25)9-8-16-18(26)24(19(27)22-16)12-13-5-2-3-7-15(13)20/h2-7,10,16H,8-9,11-12H2,1H3,(H,21,25)(H,22,27). The second-order valence-corrected chi connectivity index (χ2v) is 6.85. The Kier molecular flexibility index (Phi) is 5.81. The molecule has 0 spiro atoms. The topological polar surface area (TPSA) is 83.4 Å². The highest BCUT2D eigenvalue weighted by Crippen LogP contribution is 2.20. The molecular formula is C19H21ClN4O3. The number of halogens is 1. The summed E-state index contributed by atoms with van der Waals surface area (Å²) in [4.78, 5) is 37.8. The van der Waals surface area contributed by atoms with E-state index >= 15 is 0 Å². The van der Waals surface area contributed by atoms with Gasteiger partial charge in [0.25, 0.3) is 5.91 Å². The fourth-order valence-corrected chi connectivity index (χ4v) is 3.15. The number of carbonyl (C=O) groups excluding carboxylic acids is 3. The summed E-state index contributed by atoms with van der Waals surface area (Å²) in [6.07, 6.45) is 2.31. The first-order chi connectivity index (χ1) is 13.0. The maximum atomic E-state index is 12.5. The lowest BCUT2D eigenvalue weighted by Crippen LogP contribution is -2.32. The Morgan fingerprint density at radius 2 is 2.00 bits per heavy atom. The minimum absolute atomic E-state index is 0.112. The van der Waals surface area contributed by atoms with Crippen LogP contribution in [-0.4, -0.2) is 33.4 Å². The molecule has 1 unspecified atom stereocenters. The first-order valence-electron chi connectivity index (χ1n) is 8.68. The fourth-order valence-electron chi connectivity index (χ4n) is 2.95. The normalized spacial score (nSPS) is 16.5. The average Bonchev–Trinajstić information content (AvgIpc) is 3.17. The molecule has 2 N–H and O–H groups in total. The van der Waals surface area contributed by atoms with E-state index < -0.39 is 12.1 Å². The van der Waals surface area contributed by atoms with Gasteiger partial charge >= 0.3 is 6.03 Å². The van der Waals surface area contributed by atoms with Crippen LogP contribution >= 0.6 is 11.6 Å². The zero-order valence-electron chi connectivity index (χ0n) is 14.9. The van der Waals surface area contributed by atoms with E-state index in [1.165, 1.54) is 0 Å². The largest absolute Gasteiger partial charge is 0.353 e. The van der Waals surface area contributed by atoms with E-state index in [1.807, 2.05) is 29.9 Å². The van der Waals surface area contributed by atoms with Crippen LogP contribution in [-0.2, 0) is 29.7 Å². The Labute approximate surface area is 162 Å². The number of nitrogens with zero attached hydrogens (tertiary/aromatic N) is 2. The van der Waals surface area contributed by atoms with E-state index in [2.05, 4.69) is 10.6 Å². The summed E-state index contributed by atoms with van der Waals surface area (Å²) in [5.74, 6) is -0.502. The molecule has 1 fully saturated rings. The van der Waals surface area contributed by atoms with Crippen molar-refractivity contribution in [2.24, 2.45) is 7.05 Å². The van der Waals surface area contributed by atoms with Crippen molar-refractivity contribution in [1.29, 1.82) is 0 Å². The van der Waals surface area contributed by atoms with Crippen molar-refractivity contribution < 1.29 is 14.4 Å². The number of hydrogen-bond donors (Lipinski definition) is 2. The third kappa shape index (κ3) is 4.49. The van der Waals surface area contributed by atoms with Gasteiger partial charge in [-0.15, -0.1) is 0 Å². The Bertz CT molecular complexity index is 864. The average molecular weight is 389 g/mol. The lowest BCUT2D eigenvalue weighted by molar-refractivity contribution is -0.128. The van der Waals surface area contributed by atoms with Gasteiger partial charge in [-0.2, -0.15) is 0 Å². The molecule has 1 aliphatic heterocycles. The number of urea groups is 1. The lowest BCUT2D eigenvalue weighted by Gasteiger charge is -2.14. The van der Waals surface area contributed by atoms with Crippen LogP contribution in [0.3, 0.4) is 0 Å². The molecular weight excluding hydrogens is 368 g/mol. The molecule has 0 aliphatic carbocycles. The molecule has 1 saturated heterocycles. The summed E-state index contributed by atoms with van der Waals surface area (Å²) < 4.78 is 1.92. The molecule has 0 bridgehead atoms. The molecule has 7 nitrogen and oxygen atoms in total. The zero-order valence-corrected chi connectivity index (χ0v) is 15.7. The number of rotatable bonds is 7. The van der Waals surface area contributed by atoms with Crippen molar-refractivity contribution in [2.45, 2.75) is 32.0 Å². The summed E-state index contributed by atoms with van der Waals surface area (Å²) in [5, 5.41) is 5.96. The summed E-state index contributed by atoms with van der Waals surface area (Å²) in [7, 11) is 1.90. The Hall–Kier alpha value is -2.80. The van der Waals surface area contributed by atoms with Crippen LogP contribution in [0.2, 0.25) is 5.02 Å². The van der Waals surface area contributed by atoms with E-state index in [0.717, 1.165) is 10.6 Å². The van der Waals surface area contributed by atoms with Gasteiger partial charge in [0.2, 0.25) is 5.91 Å². The Morgan fingerprint density at radius 1 is 1.22 bits per heavy atom. The molecule has 8 heteroatoms. The van der Waals surface area contributed by atoms with E-state index in [-0.39, 0.29) is 31.2 Å². The van der Waals surface area contributed by atoms with Crippen LogP contribution in [0.1, 0.15) is 24.1 Å². The summed E-state index contributed by atoms with van der Waals surface area (Å²) >= 11 is 6.10. The molecule has 2 heterocycles. The molecule has 142 valence electrons. The van der Waals surface area contributed by atoms with Crippen molar-refractivity contribution >= 4 is 29.4 Å². The predicted molar refractivity (Wildman–Crippen MR) is 101 cm³/mol. The van der Waals surface area contributed by atoms with Crippen molar-refractivity contribution in [2.75, 3.05) is 0 Å². The van der Waals surface area contributed by atoms with Gasteiger partial charge in [-0.1, -0.05) is 29.8 Å². The maximum absolute atomic E-state index is 12.5. The van der Waals surface area contributed by atoms with Crippen molar-refractivity contribution in [3.05, 3.63) is 58.9 Å². The predicted octanol–water partition coefficient (Wildman–Crippen LogP) is 2.20. The highest BCUT2D eigenvalue weighted by molar-refractivity contribution is 6.31. The lowest BCUT2D eigenvalue weighted by atomic mass is 10.1. The molecule has 2 aromatic rings. The molecule has 1 aromatic carbocycles. The first-order valence-corrected chi connectivity index (χ1v) is 9.05. The minimum atomic E-state index is -0.694. The van der Waals surface area contributed by atoms with Gasteiger partial charge in [0.05, 0.1) is 13.1 Å². The monoisotopic (exact) mass is 388 g/mol. The molecule has 0 radical (unpaired) electrons. The maximum Gasteiger partial charge on any atom is 0.325 e. The van der Waals surface area contributed by atoms with Crippen molar-refractivity contribution in [1.82, 2.24) is 20.1 Å². The molecule has 0 saturated carbocycles. The summed E-state index contributed by atoms with van der Waals surface area (Å²) in [6, 6.07) is 9.74. The quantitative estimate of drug-likeness (QED) is 0.713. The number of aromatic nitrogens is 1. The van der Waals surface area contributed by atoms with Crippen LogP contribution in [0.25, 0.3) is 0 Å². The molecule has 1 aliphatic rings. The second-order valence-electron chi connectivity index (χ2n) is 6.44. The highest BCUT2D eigenvalue weighted by Gasteiger charge is 2.38. The van der Waals surface area contributed by atoms with E-state index in [9.17, 15) is 14.4 Å². The van der Waals surface area contributed by atoms with Crippen molar-refractivity contribution in [3.8, 4) is 0 Å². The number of nitrogens with one attached hydrogen (secondary N) is 2. The second kappa shape index (κ2) is 8.26. The fraction of sp³-hybridized carbons (Fsp3) is 0.316. The first kappa shape index (κ1) is 19.0. The minimum Gasteiger partial charge on any atom is -0.353 e. The SMILES string of the molecule is Cn1cccc1CNC(=O)CCC1NC(=O)N(Cc2ccccc2Cl)C1=O. The molecule has 3 rings (SSSR count). The number of amides is 4. The third-order valence-electron chi connectivity index (χ3n) is 4.57.